The minimum Gasteiger partial charge on any atom is -0.491 e. The summed E-state index contributed by atoms with van der Waals surface area (Å²) >= 11 is 0. The highest BCUT2D eigenvalue weighted by Gasteiger charge is 2.20. The van der Waals surface area contributed by atoms with Gasteiger partial charge < -0.3 is 14.6 Å². The Hall–Kier alpha value is -1.82. The largest absolute Gasteiger partial charge is 0.491 e. The van der Waals surface area contributed by atoms with E-state index in [0.717, 1.165) is 6.42 Å². The van der Waals surface area contributed by atoms with Gasteiger partial charge in [-0.05, 0) is 24.5 Å². The zero-order valence-corrected chi connectivity index (χ0v) is 12.2. The van der Waals surface area contributed by atoms with Gasteiger partial charge in [-0.3, -0.25) is 10.1 Å². The molecule has 0 aromatic heterocycles. The number of rotatable bonds is 7. The van der Waals surface area contributed by atoms with Crippen molar-refractivity contribution < 1.29 is 19.5 Å². The Morgan fingerprint density at radius 3 is 2.76 bits per heavy atom. The molecule has 6 nitrogen and oxygen atoms in total. The van der Waals surface area contributed by atoms with E-state index in [0.29, 0.717) is 11.7 Å². The number of ether oxygens (including phenoxy) is 2. The second kappa shape index (κ2) is 7.26. The summed E-state index contributed by atoms with van der Waals surface area (Å²) in [7, 11) is 1.38. The van der Waals surface area contributed by atoms with Crippen LogP contribution in [0.25, 0.3) is 0 Å². The van der Waals surface area contributed by atoms with E-state index in [-0.39, 0.29) is 18.0 Å². The minimum atomic E-state index is -0.533. The lowest BCUT2D eigenvalue weighted by molar-refractivity contribution is -0.385. The summed E-state index contributed by atoms with van der Waals surface area (Å²) in [6, 6.07) is 4.42. The van der Waals surface area contributed by atoms with Crippen LogP contribution in [0.4, 0.5) is 5.69 Å². The van der Waals surface area contributed by atoms with Gasteiger partial charge in [0.05, 0.1) is 24.2 Å². The van der Waals surface area contributed by atoms with Gasteiger partial charge in [0.15, 0.2) is 5.75 Å². The molecule has 0 amide bonds. The number of hydrogen-bond donors (Lipinski definition) is 1. The van der Waals surface area contributed by atoms with E-state index in [4.69, 9.17) is 9.47 Å². The Bertz CT molecular complexity index is 485. The van der Waals surface area contributed by atoms with Crippen molar-refractivity contribution in [2.45, 2.75) is 38.2 Å². The number of nitro groups is 1. The average molecular weight is 295 g/mol. The van der Waals surface area contributed by atoms with Crippen LogP contribution < -0.4 is 9.47 Å². The number of methoxy groups -OCH3 is 1. The predicted molar refractivity (Wildman–Crippen MR) is 77.7 cm³/mol. The van der Waals surface area contributed by atoms with E-state index in [9.17, 15) is 15.2 Å². The predicted octanol–water partition coefficient (Wildman–Crippen LogP) is 2.92. The van der Waals surface area contributed by atoms with Gasteiger partial charge in [0, 0.05) is 0 Å². The van der Waals surface area contributed by atoms with E-state index >= 15 is 0 Å². The molecule has 2 rings (SSSR count). The second-order valence-corrected chi connectivity index (χ2v) is 5.44. The van der Waals surface area contributed by atoms with Crippen molar-refractivity contribution in [1.29, 1.82) is 0 Å². The second-order valence-electron chi connectivity index (χ2n) is 5.44. The van der Waals surface area contributed by atoms with Crippen molar-refractivity contribution in [2.75, 3.05) is 13.7 Å². The van der Waals surface area contributed by atoms with Crippen LogP contribution in [-0.4, -0.2) is 29.9 Å². The molecule has 1 fully saturated rings. The summed E-state index contributed by atoms with van der Waals surface area (Å²) in [4.78, 5) is 10.4. The van der Waals surface area contributed by atoms with Gasteiger partial charge in [-0.1, -0.05) is 25.7 Å². The molecule has 0 spiro atoms. The van der Waals surface area contributed by atoms with Gasteiger partial charge in [-0.2, -0.15) is 0 Å². The Morgan fingerprint density at radius 1 is 1.43 bits per heavy atom. The SMILES string of the molecule is COc1ccc(OCC(O)CC2CCCC2)cc1[N+](=O)[O-]. The molecule has 21 heavy (non-hydrogen) atoms. The van der Waals surface area contributed by atoms with Crippen molar-refractivity contribution in [3.63, 3.8) is 0 Å². The molecule has 0 aliphatic heterocycles. The highest BCUT2D eigenvalue weighted by molar-refractivity contribution is 5.50. The maximum absolute atomic E-state index is 10.9. The lowest BCUT2D eigenvalue weighted by Gasteiger charge is -2.16. The van der Waals surface area contributed by atoms with Crippen LogP contribution in [0.3, 0.4) is 0 Å². The van der Waals surface area contributed by atoms with Crippen LogP contribution in [0.5, 0.6) is 11.5 Å². The third kappa shape index (κ3) is 4.32. The van der Waals surface area contributed by atoms with Crippen LogP contribution in [-0.2, 0) is 0 Å². The zero-order valence-electron chi connectivity index (χ0n) is 12.2. The molecule has 116 valence electrons. The van der Waals surface area contributed by atoms with Gasteiger partial charge in [0.25, 0.3) is 0 Å². The molecule has 1 unspecified atom stereocenters. The number of nitro benzene ring substituents is 1. The van der Waals surface area contributed by atoms with Gasteiger partial charge in [-0.25, -0.2) is 0 Å². The van der Waals surface area contributed by atoms with E-state index < -0.39 is 11.0 Å². The van der Waals surface area contributed by atoms with Crippen molar-refractivity contribution >= 4 is 5.69 Å². The van der Waals surface area contributed by atoms with Crippen molar-refractivity contribution in [3.8, 4) is 11.5 Å². The monoisotopic (exact) mass is 295 g/mol. The first kappa shape index (κ1) is 15.6. The van der Waals surface area contributed by atoms with Gasteiger partial charge >= 0.3 is 5.69 Å². The third-order valence-corrected chi connectivity index (χ3v) is 3.87. The average Bonchev–Trinajstić information content (AvgIpc) is 2.97. The Morgan fingerprint density at radius 2 is 2.14 bits per heavy atom. The highest BCUT2D eigenvalue weighted by Crippen LogP contribution is 2.31. The Labute approximate surface area is 123 Å². The summed E-state index contributed by atoms with van der Waals surface area (Å²) in [6.07, 6.45) is 5.02. The summed E-state index contributed by atoms with van der Waals surface area (Å²) in [6.45, 7) is 0.153. The molecular formula is C15H21NO5. The molecule has 0 bridgehead atoms. The first-order valence-corrected chi connectivity index (χ1v) is 7.23. The van der Waals surface area contributed by atoms with E-state index in [1.165, 1.54) is 44.9 Å². The summed E-state index contributed by atoms with van der Waals surface area (Å²) in [5, 5.41) is 20.9. The highest BCUT2D eigenvalue weighted by atomic mass is 16.6. The molecule has 0 radical (unpaired) electrons. The van der Waals surface area contributed by atoms with E-state index in [1.54, 1.807) is 6.07 Å². The van der Waals surface area contributed by atoms with E-state index in [2.05, 4.69) is 0 Å². The first-order chi connectivity index (χ1) is 10.1. The van der Waals surface area contributed by atoms with Crippen LogP contribution in [0.15, 0.2) is 18.2 Å². The van der Waals surface area contributed by atoms with Gasteiger partial charge in [0.1, 0.15) is 12.4 Å². The smallest absolute Gasteiger partial charge is 0.314 e. The number of aliphatic hydroxyl groups is 1. The number of benzene rings is 1. The lowest BCUT2D eigenvalue weighted by Crippen LogP contribution is -2.20. The molecule has 1 atom stereocenters. The molecule has 1 aromatic carbocycles. The molecule has 6 heteroatoms. The summed E-state index contributed by atoms with van der Waals surface area (Å²) in [5.74, 6) is 1.14. The Kier molecular flexibility index (Phi) is 5.38. The fourth-order valence-electron chi connectivity index (χ4n) is 2.79. The molecule has 0 heterocycles. The molecular weight excluding hydrogens is 274 g/mol. The quantitative estimate of drug-likeness (QED) is 0.618. The van der Waals surface area contributed by atoms with Crippen LogP contribution in [0.1, 0.15) is 32.1 Å². The molecule has 1 aliphatic rings. The van der Waals surface area contributed by atoms with Crippen molar-refractivity contribution in [3.05, 3.63) is 28.3 Å². The summed E-state index contributed by atoms with van der Waals surface area (Å²) in [5.41, 5.74) is -0.139. The molecule has 1 saturated carbocycles. The van der Waals surface area contributed by atoms with Gasteiger partial charge in [0.2, 0.25) is 0 Å². The standard InChI is InChI=1S/C15H21NO5/c1-20-15-7-6-13(9-14(15)16(18)19)21-10-12(17)8-11-4-2-3-5-11/h6-7,9,11-12,17H,2-5,8,10H2,1H3. The first-order valence-electron chi connectivity index (χ1n) is 7.23. The van der Waals surface area contributed by atoms with E-state index in [1.807, 2.05) is 0 Å². The normalized spacial score (nSPS) is 16.7. The van der Waals surface area contributed by atoms with Crippen molar-refractivity contribution in [1.82, 2.24) is 0 Å². The third-order valence-electron chi connectivity index (χ3n) is 3.87. The van der Waals surface area contributed by atoms with Crippen LogP contribution >= 0.6 is 0 Å². The lowest BCUT2D eigenvalue weighted by atomic mass is 10.0. The Balaban J connectivity index is 1.90. The molecule has 1 N–H and O–H groups in total. The van der Waals surface area contributed by atoms with Crippen LogP contribution in [0.2, 0.25) is 0 Å². The fourth-order valence-corrected chi connectivity index (χ4v) is 2.79. The minimum absolute atomic E-state index is 0.139. The van der Waals surface area contributed by atoms with Gasteiger partial charge in [-0.15, -0.1) is 0 Å². The number of aliphatic hydroxyl groups excluding tert-OH is 1. The molecule has 1 aliphatic carbocycles. The number of hydrogen-bond acceptors (Lipinski definition) is 5. The maximum atomic E-state index is 10.9. The maximum Gasteiger partial charge on any atom is 0.314 e. The fraction of sp³-hybridized carbons (Fsp3) is 0.600. The van der Waals surface area contributed by atoms with Crippen molar-refractivity contribution in [2.24, 2.45) is 5.92 Å². The topological polar surface area (TPSA) is 81.8 Å². The zero-order chi connectivity index (χ0) is 15.2. The number of nitrogens with zero attached hydrogens (tertiary/aromatic N) is 1. The summed E-state index contributed by atoms with van der Waals surface area (Å²) < 4.78 is 10.4. The molecule has 0 saturated heterocycles. The molecule has 1 aromatic rings. The van der Waals surface area contributed by atoms with Crippen LogP contribution in [0, 0.1) is 16.0 Å².